The lowest BCUT2D eigenvalue weighted by molar-refractivity contribution is 0.0398. The van der Waals surface area contributed by atoms with E-state index >= 15 is 0 Å². The van der Waals surface area contributed by atoms with Gasteiger partial charge in [0, 0.05) is 46.3 Å². The minimum absolute atomic E-state index is 0.428. The van der Waals surface area contributed by atoms with Gasteiger partial charge in [0.1, 0.15) is 5.75 Å². The molecule has 1 aromatic heterocycles. The molecule has 130 valence electrons. The van der Waals surface area contributed by atoms with E-state index in [4.69, 9.17) is 14.0 Å². The second kappa shape index (κ2) is 7.50. The molecular formula is C16H22N4O4. The van der Waals surface area contributed by atoms with Crippen molar-refractivity contribution in [2.75, 3.05) is 58.8 Å². The zero-order valence-electron chi connectivity index (χ0n) is 13.9. The van der Waals surface area contributed by atoms with Gasteiger partial charge in [0.05, 0.1) is 18.6 Å². The number of benzene rings is 1. The Morgan fingerprint density at radius 1 is 1.38 bits per heavy atom. The van der Waals surface area contributed by atoms with Crippen LogP contribution >= 0.6 is 0 Å². The summed E-state index contributed by atoms with van der Waals surface area (Å²) in [5, 5.41) is 8.21. The fraction of sp³-hybridized carbons (Fsp3) is 0.500. The number of aromatic nitrogens is 1. The molecule has 0 spiro atoms. The minimum atomic E-state index is -0.433. The van der Waals surface area contributed by atoms with E-state index in [0.29, 0.717) is 17.2 Å². The lowest BCUT2D eigenvalue weighted by Gasteiger charge is -2.26. The monoisotopic (exact) mass is 334 g/mol. The molecular weight excluding hydrogens is 312 g/mol. The summed E-state index contributed by atoms with van der Waals surface area (Å²) in [6.45, 7) is 5.21. The summed E-state index contributed by atoms with van der Waals surface area (Å²) in [7, 11) is 3.26. The van der Waals surface area contributed by atoms with Crippen LogP contribution in [-0.2, 0) is 4.74 Å². The molecule has 0 radical (unpaired) electrons. The van der Waals surface area contributed by atoms with Crippen LogP contribution in [0.2, 0.25) is 0 Å². The van der Waals surface area contributed by atoms with E-state index in [2.05, 4.69) is 15.4 Å². The van der Waals surface area contributed by atoms with Crippen molar-refractivity contribution < 1.29 is 18.8 Å². The van der Waals surface area contributed by atoms with Gasteiger partial charge in [0.15, 0.2) is 11.4 Å². The normalized spacial score (nSPS) is 15.4. The van der Waals surface area contributed by atoms with Gasteiger partial charge in [-0.15, -0.1) is 0 Å². The maximum absolute atomic E-state index is 11.6. The standard InChI is InChI=1S/C16H22N4O4/c1-19(2)16(21)23-12-3-4-13-14(11-12)24-18-15(13)17-5-6-20-7-9-22-10-8-20/h3-4,11H,5-10H2,1-2H3,(H,17,18). The first kappa shape index (κ1) is 16.5. The maximum Gasteiger partial charge on any atom is 0.414 e. The van der Waals surface area contributed by atoms with Crippen LogP contribution in [0.3, 0.4) is 0 Å². The number of hydrogen-bond donors (Lipinski definition) is 1. The first-order chi connectivity index (χ1) is 11.6. The average molecular weight is 334 g/mol. The van der Waals surface area contributed by atoms with Crippen molar-refractivity contribution in [3.8, 4) is 5.75 Å². The number of nitrogens with zero attached hydrogens (tertiary/aromatic N) is 3. The van der Waals surface area contributed by atoms with Crippen molar-refractivity contribution in [2.24, 2.45) is 0 Å². The van der Waals surface area contributed by atoms with Crippen LogP contribution in [0.5, 0.6) is 5.75 Å². The zero-order chi connectivity index (χ0) is 16.9. The van der Waals surface area contributed by atoms with Crippen molar-refractivity contribution in [3.05, 3.63) is 18.2 Å². The fourth-order valence-corrected chi connectivity index (χ4v) is 2.46. The topological polar surface area (TPSA) is 80.1 Å². The van der Waals surface area contributed by atoms with Gasteiger partial charge in [-0.25, -0.2) is 4.79 Å². The third kappa shape index (κ3) is 3.95. The quantitative estimate of drug-likeness (QED) is 0.890. The predicted octanol–water partition coefficient (Wildman–Crippen LogP) is 1.63. The van der Waals surface area contributed by atoms with Crippen molar-refractivity contribution in [3.63, 3.8) is 0 Å². The largest absolute Gasteiger partial charge is 0.414 e. The molecule has 1 saturated heterocycles. The molecule has 1 N–H and O–H groups in total. The Balaban J connectivity index is 1.59. The van der Waals surface area contributed by atoms with E-state index in [-0.39, 0.29) is 0 Å². The number of fused-ring (bicyclic) bond motifs is 1. The van der Waals surface area contributed by atoms with Crippen LogP contribution in [0.1, 0.15) is 0 Å². The molecule has 0 saturated carbocycles. The van der Waals surface area contributed by atoms with E-state index in [1.165, 1.54) is 4.90 Å². The van der Waals surface area contributed by atoms with Crippen LogP contribution in [0.15, 0.2) is 22.7 Å². The number of morpholine rings is 1. The third-order valence-corrected chi connectivity index (χ3v) is 3.84. The van der Waals surface area contributed by atoms with Crippen LogP contribution in [0.4, 0.5) is 10.6 Å². The molecule has 8 heteroatoms. The highest BCUT2D eigenvalue weighted by atomic mass is 16.6. The van der Waals surface area contributed by atoms with Gasteiger partial charge in [-0.3, -0.25) is 4.90 Å². The lowest BCUT2D eigenvalue weighted by Crippen LogP contribution is -2.39. The predicted molar refractivity (Wildman–Crippen MR) is 89.5 cm³/mol. The molecule has 8 nitrogen and oxygen atoms in total. The molecule has 0 aliphatic carbocycles. The molecule has 1 aliphatic rings. The van der Waals surface area contributed by atoms with Crippen LogP contribution in [0, 0.1) is 0 Å². The Morgan fingerprint density at radius 2 is 2.17 bits per heavy atom. The van der Waals surface area contributed by atoms with Crippen LogP contribution in [0.25, 0.3) is 11.0 Å². The van der Waals surface area contributed by atoms with E-state index < -0.39 is 6.09 Å². The van der Waals surface area contributed by atoms with Gasteiger partial charge in [0.25, 0.3) is 0 Å². The molecule has 0 atom stereocenters. The number of ether oxygens (including phenoxy) is 2. The average Bonchev–Trinajstić information content (AvgIpc) is 2.98. The second-order valence-electron chi connectivity index (χ2n) is 5.83. The van der Waals surface area contributed by atoms with E-state index in [1.54, 1.807) is 26.2 Å². The number of hydrogen-bond acceptors (Lipinski definition) is 7. The Kier molecular flexibility index (Phi) is 5.17. The second-order valence-corrected chi connectivity index (χ2v) is 5.83. The summed E-state index contributed by atoms with van der Waals surface area (Å²) in [6, 6.07) is 5.23. The van der Waals surface area contributed by atoms with Crippen molar-refractivity contribution in [1.29, 1.82) is 0 Å². The highest BCUT2D eigenvalue weighted by molar-refractivity contribution is 5.89. The van der Waals surface area contributed by atoms with E-state index in [0.717, 1.165) is 44.8 Å². The Labute approximate surface area is 140 Å². The fourth-order valence-electron chi connectivity index (χ4n) is 2.46. The Hall–Kier alpha value is -2.32. The molecule has 24 heavy (non-hydrogen) atoms. The van der Waals surface area contributed by atoms with E-state index in [1.807, 2.05) is 6.07 Å². The molecule has 2 heterocycles. The van der Waals surface area contributed by atoms with Gasteiger partial charge in [-0.1, -0.05) is 5.16 Å². The molecule has 1 aliphatic heterocycles. The molecule has 1 amide bonds. The summed E-state index contributed by atoms with van der Waals surface area (Å²) in [6.07, 6.45) is -0.433. The summed E-state index contributed by atoms with van der Waals surface area (Å²) in [5.41, 5.74) is 0.577. The molecule has 0 unspecified atom stereocenters. The third-order valence-electron chi connectivity index (χ3n) is 3.84. The van der Waals surface area contributed by atoms with Crippen molar-refractivity contribution >= 4 is 22.9 Å². The molecule has 3 rings (SSSR count). The molecule has 1 fully saturated rings. The van der Waals surface area contributed by atoms with Gasteiger partial charge in [-0.2, -0.15) is 0 Å². The molecule has 0 bridgehead atoms. The highest BCUT2D eigenvalue weighted by Crippen LogP contribution is 2.26. The Morgan fingerprint density at radius 3 is 2.92 bits per heavy atom. The van der Waals surface area contributed by atoms with E-state index in [9.17, 15) is 4.79 Å². The summed E-state index contributed by atoms with van der Waals surface area (Å²) in [5.74, 6) is 1.13. The van der Waals surface area contributed by atoms with Crippen LogP contribution in [-0.4, -0.2) is 74.5 Å². The summed E-state index contributed by atoms with van der Waals surface area (Å²) < 4.78 is 15.9. The highest BCUT2D eigenvalue weighted by Gasteiger charge is 2.13. The Bertz CT molecular complexity index is 694. The number of anilines is 1. The number of amides is 1. The maximum atomic E-state index is 11.6. The lowest BCUT2D eigenvalue weighted by atomic mass is 10.2. The smallest absolute Gasteiger partial charge is 0.410 e. The first-order valence-corrected chi connectivity index (χ1v) is 7.96. The number of rotatable bonds is 5. The number of carbonyl (C=O) groups is 1. The minimum Gasteiger partial charge on any atom is -0.410 e. The molecule has 2 aromatic rings. The number of nitrogens with one attached hydrogen (secondary N) is 1. The number of carbonyl (C=O) groups excluding carboxylic acids is 1. The first-order valence-electron chi connectivity index (χ1n) is 7.96. The van der Waals surface area contributed by atoms with Gasteiger partial charge in [0.2, 0.25) is 0 Å². The zero-order valence-corrected chi connectivity index (χ0v) is 13.9. The van der Waals surface area contributed by atoms with Gasteiger partial charge in [-0.05, 0) is 12.1 Å². The van der Waals surface area contributed by atoms with Crippen molar-refractivity contribution in [2.45, 2.75) is 0 Å². The van der Waals surface area contributed by atoms with Gasteiger partial charge < -0.3 is 24.2 Å². The SMILES string of the molecule is CN(C)C(=O)Oc1ccc2c(NCCN3CCOCC3)noc2c1. The van der Waals surface area contributed by atoms with Gasteiger partial charge >= 0.3 is 6.09 Å². The summed E-state index contributed by atoms with van der Waals surface area (Å²) in [4.78, 5) is 15.3. The molecule has 1 aromatic carbocycles. The van der Waals surface area contributed by atoms with Crippen molar-refractivity contribution in [1.82, 2.24) is 15.0 Å². The van der Waals surface area contributed by atoms with Crippen LogP contribution < -0.4 is 10.1 Å². The summed E-state index contributed by atoms with van der Waals surface area (Å²) >= 11 is 0.